The van der Waals surface area contributed by atoms with Crippen molar-refractivity contribution < 1.29 is 18.0 Å². The van der Waals surface area contributed by atoms with Crippen molar-refractivity contribution in [1.29, 1.82) is 0 Å². The van der Waals surface area contributed by atoms with E-state index in [4.69, 9.17) is 11.6 Å². The van der Waals surface area contributed by atoms with Crippen LogP contribution in [0.25, 0.3) is 0 Å². The van der Waals surface area contributed by atoms with Gasteiger partial charge in [0.1, 0.15) is 12.6 Å². The number of sulfonamides is 1. The smallest absolute Gasteiger partial charge is 0.264 e. The summed E-state index contributed by atoms with van der Waals surface area (Å²) in [5, 5.41) is 3.49. The van der Waals surface area contributed by atoms with Gasteiger partial charge in [-0.1, -0.05) is 91.3 Å². The van der Waals surface area contributed by atoms with Crippen molar-refractivity contribution in [1.82, 2.24) is 10.2 Å². The zero-order chi connectivity index (χ0) is 32.6. The van der Waals surface area contributed by atoms with Crippen molar-refractivity contribution in [2.45, 2.75) is 64.1 Å². The molecule has 2 unspecified atom stereocenters. The summed E-state index contributed by atoms with van der Waals surface area (Å²) in [6.45, 7) is 7.13. The molecule has 0 heterocycles. The number of nitrogens with one attached hydrogen (secondary N) is 1. The van der Waals surface area contributed by atoms with Gasteiger partial charge in [-0.2, -0.15) is 0 Å². The molecule has 0 radical (unpaired) electrons. The fraction of sp³-hybridized carbons (Fsp3) is 0.278. The summed E-state index contributed by atoms with van der Waals surface area (Å²) < 4.78 is 29.5. The topological polar surface area (TPSA) is 86.8 Å². The lowest BCUT2D eigenvalue weighted by atomic mass is 10.0. The normalized spacial score (nSPS) is 12.6. The number of hydrogen-bond donors (Lipinski definition) is 1. The summed E-state index contributed by atoms with van der Waals surface area (Å²) in [5.74, 6) is -0.855. The second kappa shape index (κ2) is 15.2. The predicted molar refractivity (Wildman–Crippen MR) is 181 cm³/mol. The van der Waals surface area contributed by atoms with Gasteiger partial charge >= 0.3 is 0 Å². The lowest BCUT2D eigenvalue weighted by Crippen LogP contribution is -2.54. The van der Waals surface area contributed by atoms with Crippen LogP contribution in [0.5, 0.6) is 0 Å². The molecule has 9 heteroatoms. The van der Waals surface area contributed by atoms with Crippen LogP contribution in [0.3, 0.4) is 0 Å². The van der Waals surface area contributed by atoms with E-state index in [1.807, 2.05) is 70.2 Å². The van der Waals surface area contributed by atoms with Gasteiger partial charge < -0.3 is 10.2 Å². The van der Waals surface area contributed by atoms with Crippen LogP contribution in [0.2, 0.25) is 5.02 Å². The Morgan fingerprint density at radius 2 is 1.42 bits per heavy atom. The van der Waals surface area contributed by atoms with E-state index < -0.39 is 28.5 Å². The number of carbonyl (C=O) groups excluding carboxylic acids is 2. The van der Waals surface area contributed by atoms with Gasteiger partial charge in [0.15, 0.2) is 0 Å². The number of anilines is 1. The van der Waals surface area contributed by atoms with Crippen molar-refractivity contribution in [3.8, 4) is 0 Å². The number of rotatable bonds is 13. The summed E-state index contributed by atoms with van der Waals surface area (Å²) in [6.07, 6.45) is 0.937. The lowest BCUT2D eigenvalue weighted by Gasteiger charge is -2.34. The van der Waals surface area contributed by atoms with Crippen LogP contribution < -0.4 is 9.62 Å². The predicted octanol–water partition coefficient (Wildman–Crippen LogP) is 6.71. The zero-order valence-corrected chi connectivity index (χ0v) is 27.7. The molecule has 7 nitrogen and oxygen atoms in total. The Hall–Kier alpha value is -4.14. The molecule has 0 bridgehead atoms. The van der Waals surface area contributed by atoms with Crippen molar-refractivity contribution in [3.05, 3.63) is 130 Å². The van der Waals surface area contributed by atoms with Crippen LogP contribution in [0, 0.1) is 13.8 Å². The fourth-order valence-electron chi connectivity index (χ4n) is 5.15. The average molecular weight is 646 g/mol. The van der Waals surface area contributed by atoms with Crippen LogP contribution in [0.1, 0.15) is 42.5 Å². The molecule has 0 saturated carbocycles. The maximum Gasteiger partial charge on any atom is 0.264 e. The number of benzene rings is 4. The molecule has 0 aliphatic rings. The quantitative estimate of drug-likeness (QED) is 0.175. The number of nitrogens with zero attached hydrogens (tertiary/aromatic N) is 2. The number of hydrogen-bond acceptors (Lipinski definition) is 4. The van der Waals surface area contributed by atoms with Crippen LogP contribution >= 0.6 is 11.6 Å². The van der Waals surface area contributed by atoms with Crippen LogP contribution in [0.4, 0.5) is 5.69 Å². The van der Waals surface area contributed by atoms with E-state index in [0.29, 0.717) is 22.7 Å². The third-order valence-electron chi connectivity index (χ3n) is 7.68. The molecular weight excluding hydrogens is 606 g/mol. The molecule has 0 spiro atoms. The van der Waals surface area contributed by atoms with Crippen LogP contribution in [-0.4, -0.2) is 43.8 Å². The summed E-state index contributed by atoms with van der Waals surface area (Å²) in [7, 11) is -4.17. The molecule has 4 aromatic carbocycles. The highest BCUT2D eigenvalue weighted by molar-refractivity contribution is 7.92. The first kappa shape index (κ1) is 33.7. The second-order valence-electron chi connectivity index (χ2n) is 11.3. The van der Waals surface area contributed by atoms with Gasteiger partial charge in [0.2, 0.25) is 11.8 Å². The molecule has 0 saturated heterocycles. The van der Waals surface area contributed by atoms with Gasteiger partial charge in [-0.05, 0) is 79.8 Å². The lowest BCUT2D eigenvalue weighted by molar-refractivity contribution is -0.140. The molecule has 4 aromatic rings. The molecular formula is C36H40ClN3O4S. The SMILES string of the molecule is CCC(C)NC(=O)C(Cc1ccccc1)N(Cc1ccccc1Cl)C(=O)CN(c1cc(C)cc(C)c1)S(=O)(=O)c1ccccc1. The van der Waals surface area contributed by atoms with Gasteiger partial charge in [-0.25, -0.2) is 8.42 Å². The van der Waals surface area contributed by atoms with E-state index in [-0.39, 0.29) is 29.8 Å². The maximum atomic E-state index is 14.6. The van der Waals surface area contributed by atoms with Crippen LogP contribution in [0.15, 0.2) is 108 Å². The average Bonchev–Trinajstić information content (AvgIpc) is 3.02. The van der Waals surface area contributed by atoms with Crippen LogP contribution in [-0.2, 0) is 32.6 Å². The van der Waals surface area contributed by atoms with E-state index in [1.165, 1.54) is 17.0 Å². The fourth-order valence-corrected chi connectivity index (χ4v) is 6.76. The first-order valence-electron chi connectivity index (χ1n) is 15.0. The Bertz CT molecular complexity index is 1690. The summed E-state index contributed by atoms with van der Waals surface area (Å²) in [6, 6.07) is 29.0. The molecule has 0 aromatic heterocycles. The van der Waals surface area contributed by atoms with Gasteiger partial charge in [-0.3, -0.25) is 13.9 Å². The van der Waals surface area contributed by atoms with Crippen molar-refractivity contribution >= 4 is 39.1 Å². The van der Waals surface area contributed by atoms with Crippen molar-refractivity contribution in [3.63, 3.8) is 0 Å². The highest BCUT2D eigenvalue weighted by Crippen LogP contribution is 2.27. The first-order valence-corrected chi connectivity index (χ1v) is 16.8. The Labute approximate surface area is 271 Å². The largest absolute Gasteiger partial charge is 0.352 e. The highest BCUT2D eigenvalue weighted by Gasteiger charge is 2.35. The number of carbonyl (C=O) groups is 2. The van der Waals surface area contributed by atoms with E-state index in [1.54, 1.807) is 48.5 Å². The van der Waals surface area contributed by atoms with Gasteiger partial charge in [0.25, 0.3) is 10.0 Å². The molecule has 4 rings (SSSR count). The molecule has 2 atom stereocenters. The van der Waals surface area contributed by atoms with Gasteiger partial charge in [0.05, 0.1) is 10.6 Å². The third kappa shape index (κ3) is 8.74. The summed E-state index contributed by atoms with van der Waals surface area (Å²) >= 11 is 6.57. The van der Waals surface area contributed by atoms with Gasteiger partial charge in [-0.15, -0.1) is 0 Å². The Morgan fingerprint density at radius 3 is 2.02 bits per heavy atom. The summed E-state index contributed by atoms with van der Waals surface area (Å²) in [4.78, 5) is 30.0. The summed E-state index contributed by atoms with van der Waals surface area (Å²) in [5.41, 5.74) is 3.58. The van der Waals surface area contributed by atoms with Gasteiger partial charge in [0, 0.05) is 24.0 Å². The van der Waals surface area contributed by atoms with E-state index >= 15 is 0 Å². The third-order valence-corrected chi connectivity index (χ3v) is 9.83. The van der Waals surface area contributed by atoms with E-state index in [0.717, 1.165) is 21.0 Å². The Kier molecular flexibility index (Phi) is 11.4. The highest BCUT2D eigenvalue weighted by atomic mass is 35.5. The molecule has 0 aliphatic heterocycles. The Balaban J connectivity index is 1.83. The minimum absolute atomic E-state index is 0.00992. The van der Waals surface area contributed by atoms with E-state index in [9.17, 15) is 18.0 Å². The molecule has 2 amide bonds. The molecule has 1 N–H and O–H groups in total. The minimum atomic E-state index is -4.17. The monoisotopic (exact) mass is 645 g/mol. The molecule has 0 fully saturated rings. The number of aryl methyl sites for hydroxylation is 2. The molecule has 236 valence electrons. The minimum Gasteiger partial charge on any atom is -0.352 e. The standard InChI is InChI=1S/C36H40ClN3O4S/c1-5-28(4)38-36(42)34(23-29-14-8-6-9-15-29)39(24-30-16-12-13-19-33(30)37)35(41)25-40(31-21-26(2)20-27(3)22-31)45(43,44)32-17-10-7-11-18-32/h6-22,28,34H,5,23-25H2,1-4H3,(H,38,42). The number of halogens is 1. The maximum absolute atomic E-state index is 14.6. The molecule has 45 heavy (non-hydrogen) atoms. The molecule has 0 aliphatic carbocycles. The van der Waals surface area contributed by atoms with Crippen molar-refractivity contribution in [2.75, 3.05) is 10.8 Å². The van der Waals surface area contributed by atoms with E-state index in [2.05, 4.69) is 5.32 Å². The zero-order valence-electron chi connectivity index (χ0n) is 26.1. The Morgan fingerprint density at radius 1 is 0.844 bits per heavy atom. The number of amides is 2. The first-order chi connectivity index (χ1) is 21.5. The van der Waals surface area contributed by atoms with Crippen molar-refractivity contribution in [2.24, 2.45) is 0 Å². The second-order valence-corrected chi connectivity index (χ2v) is 13.6.